The van der Waals surface area contributed by atoms with E-state index in [1.807, 2.05) is 25.1 Å². The summed E-state index contributed by atoms with van der Waals surface area (Å²) in [5.74, 6) is 0.160. The van der Waals surface area contributed by atoms with Gasteiger partial charge in [-0.05, 0) is 52.8 Å². The summed E-state index contributed by atoms with van der Waals surface area (Å²) in [4.78, 5) is 20.5. The molecule has 3 rings (SSSR count). The molecule has 3 aromatic rings. The fraction of sp³-hybridized carbons (Fsp3) is 0.0769. The van der Waals surface area contributed by atoms with Crippen molar-refractivity contribution >= 4 is 50.1 Å². The second-order valence-electron chi connectivity index (χ2n) is 4.20. The van der Waals surface area contributed by atoms with Crippen molar-refractivity contribution in [1.29, 1.82) is 0 Å². The van der Waals surface area contributed by atoms with Crippen molar-refractivity contribution in [2.24, 2.45) is 0 Å². The molecule has 0 saturated heterocycles. The molecule has 3 N–H and O–H groups in total. The maximum atomic E-state index is 12.0. The Kier molecular flexibility index (Phi) is 3.06. The highest BCUT2D eigenvalue weighted by atomic mass is 127. The lowest BCUT2D eigenvalue weighted by atomic mass is 10.1. The summed E-state index contributed by atoms with van der Waals surface area (Å²) in [6.45, 7) is 1.95. The highest BCUT2D eigenvalue weighted by Crippen LogP contribution is 2.36. The number of aromatic amines is 1. The normalized spacial score (nSPS) is 11.1. The SMILES string of the molecule is Cc1c(-c2cccc(I)c2)sc2nc(N)[nH]c(=O)c12. The maximum Gasteiger partial charge on any atom is 0.261 e. The number of hydrogen-bond acceptors (Lipinski definition) is 4. The van der Waals surface area contributed by atoms with Crippen LogP contribution >= 0.6 is 33.9 Å². The third kappa shape index (κ3) is 2.14. The minimum absolute atomic E-state index is 0.160. The molecule has 2 heterocycles. The van der Waals surface area contributed by atoms with Gasteiger partial charge in [-0.3, -0.25) is 9.78 Å². The Balaban J connectivity index is 2.35. The monoisotopic (exact) mass is 383 g/mol. The number of anilines is 1. The van der Waals surface area contributed by atoms with E-state index in [1.54, 1.807) is 0 Å². The van der Waals surface area contributed by atoms with Gasteiger partial charge in [-0.25, -0.2) is 4.98 Å². The van der Waals surface area contributed by atoms with Crippen LogP contribution in [0.1, 0.15) is 5.56 Å². The van der Waals surface area contributed by atoms with Crippen molar-refractivity contribution in [2.75, 3.05) is 5.73 Å². The second-order valence-corrected chi connectivity index (χ2v) is 6.44. The zero-order chi connectivity index (χ0) is 13.6. The van der Waals surface area contributed by atoms with Gasteiger partial charge >= 0.3 is 0 Å². The number of nitrogens with zero attached hydrogens (tertiary/aromatic N) is 1. The minimum atomic E-state index is -0.173. The Morgan fingerprint density at radius 2 is 2.21 bits per heavy atom. The number of rotatable bonds is 1. The molecule has 0 fully saturated rings. The highest BCUT2D eigenvalue weighted by molar-refractivity contribution is 14.1. The van der Waals surface area contributed by atoms with E-state index in [1.165, 1.54) is 11.3 Å². The van der Waals surface area contributed by atoms with E-state index in [0.717, 1.165) is 19.6 Å². The van der Waals surface area contributed by atoms with Gasteiger partial charge in [0.1, 0.15) is 4.83 Å². The Bertz CT molecular complexity index is 838. The number of fused-ring (bicyclic) bond motifs is 1. The van der Waals surface area contributed by atoms with Gasteiger partial charge in [-0.15, -0.1) is 11.3 Å². The molecular formula is C13H10IN3OS. The molecule has 0 atom stereocenters. The van der Waals surface area contributed by atoms with Crippen LogP contribution in [0.25, 0.3) is 20.7 Å². The van der Waals surface area contributed by atoms with Crippen molar-refractivity contribution in [3.05, 3.63) is 43.8 Å². The molecule has 0 bridgehead atoms. The summed E-state index contributed by atoms with van der Waals surface area (Å²) < 4.78 is 1.16. The number of hydrogen-bond donors (Lipinski definition) is 2. The molecule has 0 unspecified atom stereocenters. The molecular weight excluding hydrogens is 373 g/mol. The predicted molar refractivity (Wildman–Crippen MR) is 87.5 cm³/mol. The Morgan fingerprint density at radius 3 is 2.95 bits per heavy atom. The van der Waals surface area contributed by atoms with Crippen LogP contribution < -0.4 is 11.3 Å². The van der Waals surface area contributed by atoms with E-state index in [-0.39, 0.29) is 11.5 Å². The van der Waals surface area contributed by atoms with Crippen LogP contribution in [0.4, 0.5) is 5.95 Å². The number of nitrogens with two attached hydrogens (primary N) is 1. The molecule has 0 aliphatic carbocycles. The van der Waals surface area contributed by atoms with Crippen molar-refractivity contribution in [3.63, 3.8) is 0 Å². The summed E-state index contributed by atoms with van der Waals surface area (Å²) in [6, 6.07) is 8.18. The lowest BCUT2D eigenvalue weighted by molar-refractivity contribution is 1.19. The molecule has 1 aromatic carbocycles. The van der Waals surface area contributed by atoms with E-state index in [0.29, 0.717) is 10.2 Å². The van der Waals surface area contributed by atoms with E-state index in [4.69, 9.17) is 5.73 Å². The van der Waals surface area contributed by atoms with Crippen LogP contribution in [-0.2, 0) is 0 Å². The average molecular weight is 383 g/mol. The van der Waals surface area contributed by atoms with Gasteiger partial charge in [0.25, 0.3) is 5.56 Å². The molecule has 6 heteroatoms. The predicted octanol–water partition coefficient (Wildman–Crippen LogP) is 3.15. The topological polar surface area (TPSA) is 71.8 Å². The molecule has 0 saturated carbocycles. The summed E-state index contributed by atoms with van der Waals surface area (Å²) in [6.07, 6.45) is 0. The van der Waals surface area contributed by atoms with Gasteiger partial charge < -0.3 is 5.73 Å². The minimum Gasteiger partial charge on any atom is -0.369 e. The van der Waals surface area contributed by atoms with Crippen LogP contribution in [0.15, 0.2) is 29.1 Å². The molecule has 96 valence electrons. The highest BCUT2D eigenvalue weighted by Gasteiger charge is 2.14. The van der Waals surface area contributed by atoms with Gasteiger partial charge in [0, 0.05) is 8.45 Å². The smallest absolute Gasteiger partial charge is 0.261 e. The molecule has 0 radical (unpaired) electrons. The third-order valence-corrected chi connectivity index (χ3v) is 4.81. The fourth-order valence-corrected chi connectivity index (χ4v) is 3.79. The van der Waals surface area contributed by atoms with Crippen LogP contribution in [0.5, 0.6) is 0 Å². The van der Waals surface area contributed by atoms with Crippen molar-refractivity contribution in [2.45, 2.75) is 6.92 Å². The lowest BCUT2D eigenvalue weighted by Gasteiger charge is -2.00. The first-order valence-electron chi connectivity index (χ1n) is 5.61. The standard InChI is InChI=1S/C13H10IN3OS/c1-6-9-11(18)16-13(15)17-12(9)19-10(6)7-3-2-4-8(14)5-7/h2-5H,1H3,(H3,15,16,17,18). The van der Waals surface area contributed by atoms with Crippen LogP contribution in [-0.4, -0.2) is 9.97 Å². The van der Waals surface area contributed by atoms with Gasteiger partial charge in [0.2, 0.25) is 5.95 Å². The molecule has 19 heavy (non-hydrogen) atoms. The number of H-pyrrole nitrogens is 1. The number of benzene rings is 1. The summed E-state index contributed by atoms with van der Waals surface area (Å²) in [7, 11) is 0. The van der Waals surface area contributed by atoms with E-state index >= 15 is 0 Å². The van der Waals surface area contributed by atoms with Gasteiger partial charge in [-0.1, -0.05) is 12.1 Å². The molecule has 0 aliphatic heterocycles. The van der Waals surface area contributed by atoms with Gasteiger partial charge in [0.05, 0.1) is 5.39 Å². The van der Waals surface area contributed by atoms with Crippen LogP contribution in [0, 0.1) is 10.5 Å². The number of nitrogens with one attached hydrogen (secondary N) is 1. The third-order valence-electron chi connectivity index (χ3n) is 2.91. The Morgan fingerprint density at radius 1 is 1.42 bits per heavy atom. The molecule has 0 aliphatic rings. The summed E-state index contributed by atoms with van der Waals surface area (Å²) >= 11 is 3.78. The molecule has 2 aromatic heterocycles. The molecule has 0 amide bonds. The number of thiophene rings is 1. The first kappa shape index (κ1) is 12.6. The van der Waals surface area contributed by atoms with Crippen molar-refractivity contribution in [3.8, 4) is 10.4 Å². The maximum absolute atomic E-state index is 12.0. The van der Waals surface area contributed by atoms with E-state index in [2.05, 4.69) is 38.6 Å². The van der Waals surface area contributed by atoms with Crippen molar-refractivity contribution in [1.82, 2.24) is 9.97 Å². The number of aryl methyl sites for hydroxylation is 1. The number of halogens is 1. The second kappa shape index (κ2) is 4.61. The zero-order valence-corrected chi connectivity index (χ0v) is 13.0. The summed E-state index contributed by atoms with van der Waals surface area (Å²) in [5, 5.41) is 0.632. The zero-order valence-electron chi connectivity index (χ0n) is 10.0. The first-order valence-corrected chi connectivity index (χ1v) is 7.50. The quantitative estimate of drug-likeness (QED) is 0.635. The van der Waals surface area contributed by atoms with E-state index < -0.39 is 0 Å². The van der Waals surface area contributed by atoms with Crippen LogP contribution in [0.2, 0.25) is 0 Å². The first-order chi connectivity index (χ1) is 9.06. The Hall–Kier alpha value is -1.41. The number of nitrogen functional groups attached to an aromatic ring is 1. The number of aromatic nitrogens is 2. The Labute approximate surface area is 126 Å². The molecule has 0 spiro atoms. The van der Waals surface area contributed by atoms with Crippen molar-refractivity contribution < 1.29 is 0 Å². The van der Waals surface area contributed by atoms with Gasteiger partial charge in [0.15, 0.2) is 0 Å². The average Bonchev–Trinajstić information content (AvgIpc) is 2.66. The fourth-order valence-electron chi connectivity index (χ4n) is 2.07. The van der Waals surface area contributed by atoms with Crippen LogP contribution in [0.3, 0.4) is 0 Å². The summed E-state index contributed by atoms with van der Waals surface area (Å²) in [5.41, 5.74) is 7.47. The van der Waals surface area contributed by atoms with E-state index in [9.17, 15) is 4.79 Å². The largest absolute Gasteiger partial charge is 0.369 e. The molecule has 4 nitrogen and oxygen atoms in total. The van der Waals surface area contributed by atoms with Gasteiger partial charge in [-0.2, -0.15) is 0 Å². The lowest BCUT2D eigenvalue weighted by Crippen LogP contribution is -2.10.